The van der Waals surface area contributed by atoms with Crippen molar-refractivity contribution in [3.63, 3.8) is 0 Å². The van der Waals surface area contributed by atoms with Gasteiger partial charge in [0.1, 0.15) is 24.4 Å². The molecule has 1 saturated carbocycles. The molecule has 2 saturated heterocycles. The zero-order valence-electron chi connectivity index (χ0n) is 42.0. The summed E-state index contributed by atoms with van der Waals surface area (Å²) in [4.78, 5) is 58.2. The normalized spacial score (nSPS) is 39.1. The van der Waals surface area contributed by atoms with E-state index in [1.54, 1.807) is 27.0 Å². The van der Waals surface area contributed by atoms with Gasteiger partial charge in [-0.3, -0.25) is 14.4 Å². The van der Waals surface area contributed by atoms with Crippen LogP contribution in [0.2, 0.25) is 0 Å². The number of ketones is 2. The van der Waals surface area contributed by atoms with Crippen LogP contribution in [-0.2, 0) is 38.1 Å². The van der Waals surface area contributed by atoms with Gasteiger partial charge in [-0.1, -0.05) is 81.8 Å². The third-order valence-corrected chi connectivity index (χ3v) is 15.0. The molecule has 1 aliphatic carbocycles. The van der Waals surface area contributed by atoms with Gasteiger partial charge >= 0.3 is 5.97 Å². The average molecular weight is 952 g/mol. The number of methoxy groups -OCH3 is 2. The minimum Gasteiger partial charge on any atom is -0.461 e. The van der Waals surface area contributed by atoms with Crippen molar-refractivity contribution < 1.29 is 58.0 Å². The molecule has 0 aromatic carbocycles. The lowest BCUT2D eigenvalue weighted by molar-refractivity contribution is -0.263. The number of aromatic nitrogens is 1. The number of Topliss-reactive ketones (excluding diaryl/α,β-unsaturated/α-hetero) is 2. The highest BCUT2D eigenvalue weighted by molar-refractivity contribution is 6.39. The number of anilines is 1. The second-order valence-electron chi connectivity index (χ2n) is 20.5. The molecule has 15 nitrogen and oxygen atoms in total. The number of fused-ring (bicyclic) bond motifs is 3. The molecule has 0 radical (unpaired) electrons. The third-order valence-electron chi connectivity index (χ3n) is 15.0. The van der Waals surface area contributed by atoms with Gasteiger partial charge in [0.2, 0.25) is 11.7 Å². The summed E-state index contributed by atoms with van der Waals surface area (Å²) in [6.45, 7) is 13.5. The van der Waals surface area contributed by atoms with E-state index in [0.717, 1.165) is 12.0 Å². The van der Waals surface area contributed by atoms with Gasteiger partial charge in [0, 0.05) is 38.7 Å². The van der Waals surface area contributed by atoms with Crippen molar-refractivity contribution in [2.24, 2.45) is 35.5 Å². The highest BCUT2D eigenvalue weighted by atomic mass is 16.6. The number of aliphatic hydroxyl groups is 3. The highest BCUT2D eigenvalue weighted by Crippen LogP contribution is 2.38. The maximum Gasteiger partial charge on any atom is 0.329 e. The van der Waals surface area contributed by atoms with Crippen molar-refractivity contribution in [3.8, 4) is 0 Å². The third kappa shape index (κ3) is 14.5. The van der Waals surface area contributed by atoms with E-state index >= 15 is 0 Å². The smallest absolute Gasteiger partial charge is 0.329 e. The van der Waals surface area contributed by atoms with Crippen LogP contribution in [0.1, 0.15) is 132 Å². The zero-order chi connectivity index (χ0) is 49.7. The summed E-state index contributed by atoms with van der Waals surface area (Å²) in [6, 6.07) is 0.278. The SMILES string of the molecule is CO[C@@H]1C[C@H](C[C@@H](C)[C@@H]2CC[C@H](C)/C=C(\C)[C@@H](O)[C@@H](OC)C(=O)[C@H](C)C[C@H](C)/C=C/C=C/C=C(\C)C(Nc3ccno3)C[C@@H]3CC[C@@H](C)[C@@](O)(O3)C(=O)C(=O)N3CCCC[C@H]3C(=O)O2)CC[C@H]1O. The first-order valence-corrected chi connectivity index (χ1v) is 25.1. The quantitative estimate of drug-likeness (QED) is 0.119. The van der Waals surface area contributed by atoms with Crippen molar-refractivity contribution in [1.29, 1.82) is 0 Å². The zero-order valence-corrected chi connectivity index (χ0v) is 42.0. The number of hydrogen-bond acceptors (Lipinski definition) is 14. The largest absolute Gasteiger partial charge is 0.461 e. The van der Waals surface area contributed by atoms with E-state index < -0.39 is 65.9 Å². The lowest BCUT2D eigenvalue weighted by Gasteiger charge is -2.43. The molecule has 1 aromatic heterocycles. The van der Waals surface area contributed by atoms with Gasteiger partial charge < -0.3 is 49.0 Å². The molecule has 1 amide bonds. The molecule has 0 spiro atoms. The molecule has 4 heterocycles. The molecule has 4 aliphatic rings. The van der Waals surface area contributed by atoms with Crippen molar-refractivity contribution in [1.82, 2.24) is 10.1 Å². The molecular weight excluding hydrogens is 871 g/mol. The number of carbonyl (C=O) groups is 4. The van der Waals surface area contributed by atoms with Crippen LogP contribution in [0.4, 0.5) is 5.88 Å². The van der Waals surface area contributed by atoms with Crippen LogP contribution in [0.15, 0.2) is 64.4 Å². The van der Waals surface area contributed by atoms with Crippen LogP contribution in [0.5, 0.6) is 0 Å². The first kappa shape index (κ1) is 54.9. The van der Waals surface area contributed by atoms with E-state index in [0.29, 0.717) is 88.5 Å². The summed E-state index contributed by atoms with van der Waals surface area (Å²) in [6.07, 6.45) is 16.1. The molecule has 2 bridgehead atoms. The van der Waals surface area contributed by atoms with Crippen LogP contribution in [-0.4, -0.2) is 124 Å². The molecule has 4 N–H and O–H groups in total. The number of hydrogen-bond donors (Lipinski definition) is 4. The number of allylic oxidation sites excluding steroid dienone is 6. The molecule has 3 fully saturated rings. The van der Waals surface area contributed by atoms with Crippen LogP contribution in [0.3, 0.4) is 0 Å². The van der Waals surface area contributed by atoms with E-state index in [1.165, 1.54) is 18.2 Å². The minimum absolute atomic E-state index is 0.0439. The van der Waals surface area contributed by atoms with E-state index in [2.05, 4.69) is 17.4 Å². The van der Waals surface area contributed by atoms with Gasteiger partial charge in [-0.05, 0) is 127 Å². The van der Waals surface area contributed by atoms with Gasteiger partial charge in [-0.25, -0.2) is 4.79 Å². The Labute approximate surface area is 404 Å². The fourth-order valence-corrected chi connectivity index (χ4v) is 10.7. The van der Waals surface area contributed by atoms with Gasteiger partial charge in [-0.15, -0.1) is 0 Å². The number of ether oxygens (including phenoxy) is 4. The topological polar surface area (TPSA) is 207 Å². The fraction of sp³-hybridized carbons (Fsp3) is 0.717. The first-order chi connectivity index (χ1) is 32.4. The van der Waals surface area contributed by atoms with Crippen molar-refractivity contribution in [3.05, 3.63) is 59.9 Å². The predicted octanol–water partition coefficient (Wildman–Crippen LogP) is 7.46. The average Bonchev–Trinajstić information content (AvgIpc) is 3.84. The Hall–Kier alpha value is -3.99. The van der Waals surface area contributed by atoms with Gasteiger partial charge in [0.25, 0.3) is 11.7 Å². The lowest BCUT2D eigenvalue weighted by atomic mass is 9.78. The number of rotatable bonds is 7. The predicted molar refractivity (Wildman–Crippen MR) is 258 cm³/mol. The molecule has 380 valence electrons. The second kappa shape index (κ2) is 25.7. The molecule has 3 aliphatic heterocycles. The molecule has 68 heavy (non-hydrogen) atoms. The highest BCUT2D eigenvalue weighted by Gasteiger charge is 2.53. The van der Waals surface area contributed by atoms with Crippen LogP contribution < -0.4 is 5.32 Å². The van der Waals surface area contributed by atoms with Gasteiger partial charge in [0.15, 0.2) is 5.78 Å². The van der Waals surface area contributed by atoms with Gasteiger partial charge in [0.05, 0.1) is 30.6 Å². The Kier molecular flexibility index (Phi) is 20.8. The molecule has 15 atom stereocenters. The van der Waals surface area contributed by atoms with E-state index in [4.69, 9.17) is 23.5 Å². The molecule has 1 aromatic rings. The van der Waals surface area contributed by atoms with Crippen LogP contribution in [0, 0.1) is 35.5 Å². The Morgan fingerprint density at radius 3 is 2.35 bits per heavy atom. The number of esters is 1. The second-order valence-corrected chi connectivity index (χ2v) is 20.5. The first-order valence-electron chi connectivity index (χ1n) is 25.1. The fourth-order valence-electron chi connectivity index (χ4n) is 10.7. The number of carbonyl (C=O) groups excluding carboxylic acids is 4. The maximum absolute atomic E-state index is 14.5. The number of nitrogens with zero attached hydrogens (tertiary/aromatic N) is 2. The van der Waals surface area contributed by atoms with Crippen LogP contribution in [0.25, 0.3) is 0 Å². The van der Waals surface area contributed by atoms with E-state index in [9.17, 15) is 34.5 Å². The minimum atomic E-state index is -2.42. The Morgan fingerprint density at radius 2 is 1.65 bits per heavy atom. The Balaban J connectivity index is 1.46. The number of piperidine rings is 1. The summed E-state index contributed by atoms with van der Waals surface area (Å²) >= 11 is 0. The van der Waals surface area contributed by atoms with E-state index in [1.807, 2.05) is 64.2 Å². The standard InChI is InChI=1S/C53H81N3O12/c1-32-15-11-10-12-16-34(3)41(55-46-24-25-54-68-46)31-40-21-19-38(7)53(63,67-40)50(60)51(61)56-26-14-13-17-42(56)52(62)66-44(35(4)29-39-20-22-43(57)45(30-39)64-8)23-18-33(2)28-37(6)48(59)49(65-9)47(58)36(5)27-32/h10-12,15-16,24-25,28,32-33,35-36,38-45,48-49,55,57,59,63H,13-14,17-23,26-27,29-31H2,1-9H3/b12-10+,15-11+,34-16+,37-28+/t32-,33+,35-,36-,38-,39+,40+,41?,42+,43-,44+,45-,48-,49+,53-/m1/s1. The van der Waals surface area contributed by atoms with Gasteiger partial charge in [-0.2, -0.15) is 0 Å². The summed E-state index contributed by atoms with van der Waals surface area (Å²) in [5.41, 5.74) is 1.50. The maximum atomic E-state index is 14.5. The number of aliphatic hydroxyl groups excluding tert-OH is 2. The van der Waals surface area contributed by atoms with Crippen molar-refractivity contribution in [2.75, 3.05) is 26.1 Å². The molecule has 5 rings (SSSR count). The van der Waals surface area contributed by atoms with Crippen LogP contribution >= 0.6 is 0 Å². The summed E-state index contributed by atoms with van der Waals surface area (Å²) in [7, 11) is 3.05. The summed E-state index contributed by atoms with van der Waals surface area (Å²) in [5, 5.41) is 41.3. The van der Waals surface area contributed by atoms with E-state index in [-0.39, 0.29) is 54.1 Å². The number of amides is 1. The Morgan fingerprint density at radius 1 is 0.882 bits per heavy atom. The Bertz CT molecular complexity index is 1930. The van der Waals surface area contributed by atoms with Crippen molar-refractivity contribution in [2.45, 2.75) is 186 Å². The number of nitrogens with one attached hydrogen (secondary N) is 1. The van der Waals surface area contributed by atoms with Crippen molar-refractivity contribution >= 4 is 29.3 Å². The molecular formula is C53H81N3O12. The number of cyclic esters (lactones) is 1. The molecule has 15 heteroatoms. The lowest BCUT2D eigenvalue weighted by Crippen LogP contribution is -2.61. The summed E-state index contributed by atoms with van der Waals surface area (Å²) < 4.78 is 29.4. The molecule has 1 unspecified atom stereocenters. The summed E-state index contributed by atoms with van der Waals surface area (Å²) in [5.74, 6) is -5.87. The monoisotopic (exact) mass is 952 g/mol.